The molecule has 1 heterocycles. The summed E-state index contributed by atoms with van der Waals surface area (Å²) in [6.45, 7) is 6.65. The van der Waals surface area contributed by atoms with Crippen LogP contribution in [-0.2, 0) is 11.3 Å². The lowest BCUT2D eigenvalue weighted by Crippen LogP contribution is -2.19. The highest BCUT2D eigenvalue weighted by atomic mass is 16.5. The van der Waals surface area contributed by atoms with Gasteiger partial charge in [-0.1, -0.05) is 13.8 Å². The van der Waals surface area contributed by atoms with Gasteiger partial charge in [0.05, 0.1) is 39.2 Å². The third kappa shape index (κ3) is 4.65. The van der Waals surface area contributed by atoms with Crippen molar-refractivity contribution in [2.45, 2.75) is 46.3 Å². The number of aromatic nitrogens is 2. The average molecular weight is 389 g/mol. The second-order valence-electron chi connectivity index (χ2n) is 6.48. The van der Waals surface area contributed by atoms with Crippen molar-refractivity contribution in [1.82, 2.24) is 9.97 Å². The van der Waals surface area contributed by atoms with Crippen molar-refractivity contribution in [2.75, 3.05) is 33.8 Å². The third-order valence-electron chi connectivity index (χ3n) is 4.67. The van der Waals surface area contributed by atoms with Gasteiger partial charge in [-0.05, 0) is 37.5 Å². The molecule has 2 rings (SSSR count). The number of benzene rings is 1. The van der Waals surface area contributed by atoms with E-state index < -0.39 is 0 Å². The van der Waals surface area contributed by atoms with Gasteiger partial charge in [0.1, 0.15) is 17.2 Å². The van der Waals surface area contributed by atoms with E-state index in [0.717, 1.165) is 29.7 Å². The van der Waals surface area contributed by atoms with Crippen LogP contribution in [0.5, 0.6) is 17.4 Å². The highest BCUT2D eigenvalue weighted by Gasteiger charge is 2.22. The lowest BCUT2D eigenvalue weighted by molar-refractivity contribution is 0.184. The summed E-state index contributed by atoms with van der Waals surface area (Å²) < 4.78 is 22.0. The fourth-order valence-electron chi connectivity index (χ4n) is 3.11. The molecule has 7 nitrogen and oxygen atoms in total. The summed E-state index contributed by atoms with van der Waals surface area (Å²) in [4.78, 5) is 9.47. The van der Waals surface area contributed by atoms with Crippen LogP contribution in [0.4, 0.5) is 5.82 Å². The molecule has 0 unspecified atom stereocenters. The first kappa shape index (κ1) is 21.8. The summed E-state index contributed by atoms with van der Waals surface area (Å²) >= 11 is 0. The third-order valence-corrected chi connectivity index (χ3v) is 4.67. The fourth-order valence-corrected chi connectivity index (χ4v) is 3.11. The Kier molecular flexibility index (Phi) is 7.87. The summed E-state index contributed by atoms with van der Waals surface area (Å²) in [5.41, 5.74) is 3.10. The number of hydrogen-bond acceptors (Lipinski definition) is 7. The molecule has 2 aromatic rings. The van der Waals surface area contributed by atoms with Crippen LogP contribution in [0.15, 0.2) is 12.1 Å². The van der Waals surface area contributed by atoms with Crippen LogP contribution < -0.4 is 19.5 Å². The Morgan fingerprint density at radius 3 is 2.00 bits per heavy atom. The molecule has 1 aromatic heterocycles. The van der Waals surface area contributed by atoms with Crippen molar-refractivity contribution >= 4 is 5.82 Å². The fraction of sp³-hybridized carbons (Fsp3) is 0.524. The average Bonchev–Trinajstić information content (AvgIpc) is 2.71. The first-order valence-electron chi connectivity index (χ1n) is 9.46. The van der Waals surface area contributed by atoms with Gasteiger partial charge in [0.2, 0.25) is 0 Å². The largest absolute Gasteiger partial charge is 0.496 e. The van der Waals surface area contributed by atoms with Crippen molar-refractivity contribution in [1.29, 1.82) is 0 Å². The van der Waals surface area contributed by atoms with Gasteiger partial charge in [-0.25, -0.2) is 9.97 Å². The van der Waals surface area contributed by atoms with Crippen LogP contribution in [0.3, 0.4) is 0 Å². The van der Waals surface area contributed by atoms with Gasteiger partial charge in [0, 0.05) is 13.2 Å². The minimum Gasteiger partial charge on any atom is -0.496 e. The maximum Gasteiger partial charge on any atom is 0.257 e. The molecule has 0 saturated carbocycles. The zero-order valence-electron chi connectivity index (χ0n) is 17.9. The molecule has 1 aromatic carbocycles. The number of nitrogens with one attached hydrogen (secondary N) is 1. The van der Waals surface area contributed by atoms with Gasteiger partial charge in [-0.2, -0.15) is 0 Å². The maximum absolute atomic E-state index is 5.63. The zero-order chi connectivity index (χ0) is 20.7. The van der Waals surface area contributed by atoms with Gasteiger partial charge < -0.3 is 24.3 Å². The minimum atomic E-state index is 0.311. The summed E-state index contributed by atoms with van der Waals surface area (Å²) in [6.07, 6.45) is 1.98. The van der Waals surface area contributed by atoms with E-state index in [0.29, 0.717) is 41.5 Å². The Balaban J connectivity index is 2.61. The number of aryl methyl sites for hydroxylation is 1. The van der Waals surface area contributed by atoms with Gasteiger partial charge in [0.25, 0.3) is 5.88 Å². The number of methoxy groups -OCH3 is 4. The van der Waals surface area contributed by atoms with Crippen molar-refractivity contribution in [2.24, 2.45) is 0 Å². The number of nitrogens with zero attached hydrogens (tertiary/aromatic N) is 2. The van der Waals surface area contributed by atoms with E-state index in [1.807, 2.05) is 19.1 Å². The number of hydrogen-bond donors (Lipinski definition) is 1. The number of anilines is 1. The Labute approximate surface area is 167 Å². The number of ether oxygens (including phenoxy) is 4. The Hall–Kier alpha value is -2.54. The molecule has 154 valence electrons. The quantitative estimate of drug-likeness (QED) is 0.652. The van der Waals surface area contributed by atoms with Crippen molar-refractivity contribution < 1.29 is 18.9 Å². The molecular weight excluding hydrogens is 358 g/mol. The Morgan fingerprint density at radius 1 is 0.929 bits per heavy atom. The second-order valence-corrected chi connectivity index (χ2v) is 6.48. The molecule has 7 heteroatoms. The standard InChI is InChI=1S/C21H31N3O4/c1-8-15(9-2)23-20-21(28-7)24-19(13(3)22-20)18-16(26-5)10-14(12-25-4)11-17(18)27-6/h10-11,15H,8-9,12H2,1-7H3,(H,22,23). The monoisotopic (exact) mass is 389 g/mol. The van der Waals surface area contributed by atoms with E-state index >= 15 is 0 Å². The van der Waals surface area contributed by atoms with Crippen LogP contribution in [0, 0.1) is 6.92 Å². The normalized spacial score (nSPS) is 10.9. The van der Waals surface area contributed by atoms with E-state index in [2.05, 4.69) is 19.2 Å². The summed E-state index contributed by atoms with van der Waals surface area (Å²) in [6, 6.07) is 4.15. The molecule has 0 atom stereocenters. The van der Waals surface area contributed by atoms with Crippen molar-refractivity contribution in [3.05, 3.63) is 23.4 Å². The molecule has 0 amide bonds. The lowest BCUT2D eigenvalue weighted by atomic mass is 10.0. The van der Waals surface area contributed by atoms with Crippen LogP contribution in [-0.4, -0.2) is 44.4 Å². The first-order valence-corrected chi connectivity index (χ1v) is 9.46. The van der Waals surface area contributed by atoms with Crippen LogP contribution in [0.2, 0.25) is 0 Å². The summed E-state index contributed by atoms with van der Waals surface area (Å²) in [7, 11) is 6.49. The van der Waals surface area contributed by atoms with Crippen LogP contribution in [0.25, 0.3) is 11.3 Å². The van der Waals surface area contributed by atoms with Gasteiger partial charge >= 0.3 is 0 Å². The van der Waals surface area contributed by atoms with Gasteiger partial charge in [0.15, 0.2) is 5.82 Å². The van der Waals surface area contributed by atoms with Crippen LogP contribution in [0.1, 0.15) is 37.9 Å². The predicted molar refractivity (Wildman–Crippen MR) is 111 cm³/mol. The molecule has 0 fully saturated rings. The predicted octanol–water partition coefficient (Wildman–Crippen LogP) is 4.22. The molecule has 0 radical (unpaired) electrons. The zero-order valence-corrected chi connectivity index (χ0v) is 17.9. The van der Waals surface area contributed by atoms with Crippen molar-refractivity contribution in [3.63, 3.8) is 0 Å². The van der Waals surface area contributed by atoms with E-state index in [-0.39, 0.29) is 0 Å². The minimum absolute atomic E-state index is 0.311. The van der Waals surface area contributed by atoms with Gasteiger partial charge in [-0.15, -0.1) is 0 Å². The summed E-state index contributed by atoms with van der Waals surface area (Å²) in [5, 5.41) is 3.42. The SMILES string of the molecule is CCC(CC)Nc1nc(C)c(-c2c(OC)cc(COC)cc2OC)nc1OC. The molecular formula is C21H31N3O4. The highest BCUT2D eigenvalue weighted by Crippen LogP contribution is 2.41. The molecule has 1 N–H and O–H groups in total. The highest BCUT2D eigenvalue weighted by molar-refractivity contribution is 5.77. The smallest absolute Gasteiger partial charge is 0.257 e. The molecule has 28 heavy (non-hydrogen) atoms. The summed E-state index contributed by atoms with van der Waals surface area (Å²) in [5.74, 6) is 2.38. The lowest BCUT2D eigenvalue weighted by Gasteiger charge is -2.20. The topological polar surface area (TPSA) is 74.7 Å². The Morgan fingerprint density at radius 2 is 1.54 bits per heavy atom. The van der Waals surface area contributed by atoms with Crippen molar-refractivity contribution in [3.8, 4) is 28.6 Å². The molecule has 0 spiro atoms. The van der Waals surface area contributed by atoms with E-state index in [1.165, 1.54) is 0 Å². The number of rotatable bonds is 10. The second kappa shape index (κ2) is 10.1. The molecule has 0 aliphatic heterocycles. The Bertz CT molecular complexity index is 766. The maximum atomic E-state index is 5.63. The molecule has 0 saturated heterocycles. The molecule has 0 aliphatic rings. The van der Waals surface area contributed by atoms with E-state index in [4.69, 9.17) is 28.9 Å². The molecule has 0 bridgehead atoms. The van der Waals surface area contributed by atoms with Gasteiger partial charge in [-0.3, -0.25) is 0 Å². The van der Waals surface area contributed by atoms with E-state index in [9.17, 15) is 0 Å². The first-order chi connectivity index (χ1) is 13.5. The molecule has 0 aliphatic carbocycles. The van der Waals surface area contributed by atoms with Crippen LogP contribution >= 0.6 is 0 Å². The van der Waals surface area contributed by atoms with E-state index in [1.54, 1.807) is 28.4 Å².